The fourth-order valence-electron chi connectivity index (χ4n) is 2.26. The maximum absolute atomic E-state index is 11.3. The van der Waals surface area contributed by atoms with Gasteiger partial charge in [0.1, 0.15) is 11.4 Å². The molecule has 0 saturated carbocycles. The average molecular weight is 280 g/mol. The molecule has 1 aromatic rings. The van der Waals surface area contributed by atoms with E-state index in [1.165, 1.54) is 0 Å². The smallest absolute Gasteiger partial charge is 0.339 e. The third-order valence-electron chi connectivity index (χ3n) is 3.49. The van der Waals surface area contributed by atoms with E-state index in [9.17, 15) is 9.90 Å². The summed E-state index contributed by atoms with van der Waals surface area (Å²) in [5.74, 6) is -0.380. The highest BCUT2D eigenvalue weighted by Crippen LogP contribution is 2.25. The number of aromatic nitrogens is 1. The quantitative estimate of drug-likeness (QED) is 0.868. The molecule has 2 N–H and O–H groups in total. The third-order valence-corrected chi connectivity index (χ3v) is 4.46. The van der Waals surface area contributed by atoms with Crippen molar-refractivity contribution < 1.29 is 9.90 Å². The van der Waals surface area contributed by atoms with Gasteiger partial charge >= 0.3 is 5.97 Å². The molecule has 0 aliphatic heterocycles. The Bertz CT molecular complexity index is 477. The predicted molar refractivity (Wildman–Crippen MR) is 79.3 cm³/mol. The van der Waals surface area contributed by atoms with Crippen LogP contribution in [0.1, 0.15) is 41.4 Å². The van der Waals surface area contributed by atoms with Gasteiger partial charge in [0.05, 0.1) is 0 Å². The number of hydrogen-bond donors (Lipinski definition) is 2. The molecule has 2 rings (SSSR count). The summed E-state index contributed by atoms with van der Waals surface area (Å²) in [4.78, 5) is 15.9. The van der Waals surface area contributed by atoms with Crippen molar-refractivity contribution in [2.75, 3.05) is 18.1 Å². The number of anilines is 1. The number of carbonyl (C=O) groups is 1. The second-order valence-electron chi connectivity index (χ2n) is 4.93. The summed E-state index contributed by atoms with van der Waals surface area (Å²) in [6.45, 7) is 2.84. The van der Waals surface area contributed by atoms with Crippen LogP contribution >= 0.6 is 11.8 Å². The molecule has 19 heavy (non-hydrogen) atoms. The summed E-state index contributed by atoms with van der Waals surface area (Å²) in [5, 5.41) is 12.9. The van der Waals surface area contributed by atoms with E-state index in [2.05, 4.69) is 17.2 Å². The maximum Gasteiger partial charge on any atom is 0.339 e. The molecule has 1 heterocycles. The van der Waals surface area contributed by atoms with E-state index < -0.39 is 5.97 Å². The number of nitrogens with one attached hydrogen (secondary N) is 1. The van der Waals surface area contributed by atoms with Gasteiger partial charge in [0, 0.05) is 17.5 Å². The fraction of sp³-hybridized carbons (Fsp3) is 0.571. The standard InChI is InChI=1S/C14H20N2O2S/c1-9(19-2)8-15-13-11(14(17)18)7-10-5-3-4-6-12(10)16-13/h7,9H,3-6,8H2,1-2H3,(H,15,16)(H,17,18). The molecule has 0 fully saturated rings. The number of nitrogens with zero attached hydrogens (tertiary/aromatic N) is 1. The highest BCUT2D eigenvalue weighted by Gasteiger charge is 2.18. The van der Waals surface area contributed by atoms with Crippen LogP contribution in [0.25, 0.3) is 0 Å². The molecule has 1 aliphatic carbocycles. The molecule has 4 nitrogen and oxygen atoms in total. The molecule has 1 aromatic heterocycles. The van der Waals surface area contributed by atoms with Gasteiger partial charge in [-0.25, -0.2) is 9.78 Å². The first-order valence-electron chi connectivity index (χ1n) is 6.64. The third kappa shape index (κ3) is 3.41. The van der Waals surface area contributed by atoms with Crippen LogP contribution in [0.5, 0.6) is 0 Å². The van der Waals surface area contributed by atoms with E-state index in [4.69, 9.17) is 0 Å². The number of aromatic carboxylic acids is 1. The van der Waals surface area contributed by atoms with Crippen molar-refractivity contribution in [3.05, 3.63) is 22.9 Å². The van der Waals surface area contributed by atoms with Crippen molar-refractivity contribution in [1.29, 1.82) is 0 Å². The first kappa shape index (κ1) is 14.2. The summed E-state index contributed by atoms with van der Waals surface area (Å²) < 4.78 is 0. The lowest BCUT2D eigenvalue weighted by Gasteiger charge is -2.19. The fourth-order valence-corrected chi connectivity index (χ4v) is 2.51. The van der Waals surface area contributed by atoms with Crippen LogP contribution in [-0.4, -0.2) is 34.1 Å². The Labute approximate surface area is 118 Å². The van der Waals surface area contributed by atoms with Gasteiger partial charge in [0.2, 0.25) is 0 Å². The largest absolute Gasteiger partial charge is 0.478 e. The highest BCUT2D eigenvalue weighted by molar-refractivity contribution is 7.99. The van der Waals surface area contributed by atoms with Crippen molar-refractivity contribution in [3.8, 4) is 0 Å². The molecule has 0 saturated heterocycles. The van der Waals surface area contributed by atoms with Crippen LogP contribution in [0, 0.1) is 0 Å². The summed E-state index contributed by atoms with van der Waals surface area (Å²) in [7, 11) is 0. The SMILES string of the molecule is CSC(C)CNc1nc2c(cc1C(=O)O)CCCC2. The van der Waals surface area contributed by atoms with Gasteiger partial charge in [-0.2, -0.15) is 11.8 Å². The Morgan fingerprint density at radius 2 is 2.26 bits per heavy atom. The minimum absolute atomic E-state index is 0.300. The van der Waals surface area contributed by atoms with Gasteiger partial charge in [-0.05, 0) is 43.6 Å². The molecule has 0 spiro atoms. The van der Waals surface area contributed by atoms with Crippen LogP contribution in [0.4, 0.5) is 5.82 Å². The molecule has 1 aliphatic rings. The zero-order valence-electron chi connectivity index (χ0n) is 11.4. The number of pyridine rings is 1. The number of hydrogen-bond acceptors (Lipinski definition) is 4. The van der Waals surface area contributed by atoms with Crippen LogP contribution in [0.3, 0.4) is 0 Å². The summed E-state index contributed by atoms with van der Waals surface area (Å²) in [6, 6.07) is 1.80. The van der Waals surface area contributed by atoms with E-state index in [-0.39, 0.29) is 0 Å². The summed E-state index contributed by atoms with van der Waals surface area (Å²) in [5.41, 5.74) is 2.47. The van der Waals surface area contributed by atoms with Gasteiger partial charge in [-0.15, -0.1) is 0 Å². The van der Waals surface area contributed by atoms with Crippen LogP contribution < -0.4 is 5.32 Å². The van der Waals surface area contributed by atoms with Gasteiger partial charge < -0.3 is 10.4 Å². The molecular weight excluding hydrogens is 260 g/mol. The normalized spacial score (nSPS) is 15.7. The molecule has 1 atom stereocenters. The average Bonchev–Trinajstić information content (AvgIpc) is 2.43. The second kappa shape index (κ2) is 6.28. The zero-order chi connectivity index (χ0) is 13.8. The molecule has 0 aromatic carbocycles. The number of aryl methyl sites for hydroxylation is 2. The lowest BCUT2D eigenvalue weighted by molar-refractivity contribution is 0.0697. The van der Waals surface area contributed by atoms with Gasteiger partial charge in [-0.1, -0.05) is 6.92 Å². The topological polar surface area (TPSA) is 62.2 Å². The zero-order valence-corrected chi connectivity index (χ0v) is 12.2. The van der Waals surface area contributed by atoms with E-state index in [0.717, 1.165) is 43.5 Å². The Hall–Kier alpha value is -1.23. The summed E-state index contributed by atoms with van der Waals surface area (Å²) >= 11 is 1.75. The molecule has 0 amide bonds. The Morgan fingerprint density at radius 3 is 2.95 bits per heavy atom. The molecule has 1 unspecified atom stereocenters. The number of thioether (sulfide) groups is 1. The first-order chi connectivity index (χ1) is 9.11. The molecule has 0 radical (unpaired) electrons. The van der Waals surface area contributed by atoms with Crippen molar-refractivity contribution in [2.45, 2.75) is 37.9 Å². The maximum atomic E-state index is 11.3. The van der Waals surface area contributed by atoms with E-state index in [0.29, 0.717) is 16.6 Å². The number of fused-ring (bicyclic) bond motifs is 1. The van der Waals surface area contributed by atoms with E-state index in [1.54, 1.807) is 17.8 Å². The Balaban J connectivity index is 2.26. The highest BCUT2D eigenvalue weighted by atomic mass is 32.2. The van der Waals surface area contributed by atoms with Crippen molar-refractivity contribution in [2.24, 2.45) is 0 Å². The summed E-state index contributed by atoms with van der Waals surface area (Å²) in [6.07, 6.45) is 6.23. The minimum atomic E-state index is -0.903. The number of rotatable bonds is 5. The predicted octanol–water partition coefficient (Wildman–Crippen LogP) is 2.82. The van der Waals surface area contributed by atoms with E-state index >= 15 is 0 Å². The first-order valence-corrected chi connectivity index (χ1v) is 7.93. The number of carboxylic acid groups (broad SMARTS) is 1. The molecular formula is C14H20N2O2S. The number of carboxylic acids is 1. The van der Waals surface area contributed by atoms with Crippen molar-refractivity contribution in [1.82, 2.24) is 4.98 Å². The van der Waals surface area contributed by atoms with Crippen LogP contribution in [-0.2, 0) is 12.8 Å². The van der Waals surface area contributed by atoms with Crippen LogP contribution in [0.2, 0.25) is 0 Å². The lowest BCUT2D eigenvalue weighted by atomic mass is 9.94. The van der Waals surface area contributed by atoms with Crippen molar-refractivity contribution >= 4 is 23.5 Å². The Morgan fingerprint density at radius 1 is 1.53 bits per heavy atom. The second-order valence-corrected chi connectivity index (χ2v) is 6.21. The monoisotopic (exact) mass is 280 g/mol. The van der Waals surface area contributed by atoms with Crippen LogP contribution in [0.15, 0.2) is 6.07 Å². The van der Waals surface area contributed by atoms with Gasteiger partial charge in [-0.3, -0.25) is 0 Å². The molecule has 0 bridgehead atoms. The van der Waals surface area contributed by atoms with Crippen molar-refractivity contribution in [3.63, 3.8) is 0 Å². The lowest BCUT2D eigenvalue weighted by Crippen LogP contribution is -2.18. The van der Waals surface area contributed by atoms with E-state index in [1.807, 2.05) is 6.26 Å². The molecule has 5 heteroatoms. The Kier molecular flexibility index (Phi) is 4.69. The van der Waals surface area contributed by atoms with Gasteiger partial charge in [0.15, 0.2) is 0 Å². The van der Waals surface area contributed by atoms with Gasteiger partial charge in [0.25, 0.3) is 0 Å². The minimum Gasteiger partial charge on any atom is -0.478 e. The molecule has 104 valence electrons.